The molecule has 0 aliphatic carbocycles. The predicted molar refractivity (Wildman–Crippen MR) is 38.9 cm³/mol. The third kappa shape index (κ3) is 2.40. The zero-order valence-corrected chi connectivity index (χ0v) is 6.77. The Morgan fingerprint density at radius 2 is 1.69 bits per heavy atom. The standard InChI is InChI=1S/C8H7F4N/c1-4-2-5(7(9)10)3-6(13-4)8(11)12/h2-3,7-8H,1H3. The fourth-order valence-electron chi connectivity index (χ4n) is 0.960. The quantitative estimate of drug-likeness (QED) is 0.657. The molecule has 0 aliphatic heterocycles. The van der Waals surface area contributed by atoms with E-state index in [-0.39, 0.29) is 5.69 Å². The second kappa shape index (κ2) is 3.72. The first-order chi connectivity index (χ1) is 6.00. The second-order valence-corrected chi connectivity index (χ2v) is 2.57. The van der Waals surface area contributed by atoms with Crippen LogP contribution in [0, 0.1) is 6.92 Å². The molecule has 1 nitrogen and oxygen atoms in total. The Balaban J connectivity index is 3.11. The predicted octanol–water partition coefficient (Wildman–Crippen LogP) is 3.27. The molecule has 0 unspecified atom stereocenters. The molecule has 0 bridgehead atoms. The summed E-state index contributed by atoms with van der Waals surface area (Å²) in [5.74, 6) is 0. The monoisotopic (exact) mass is 193 g/mol. The Morgan fingerprint density at radius 1 is 1.08 bits per heavy atom. The summed E-state index contributed by atoms with van der Waals surface area (Å²) >= 11 is 0. The lowest BCUT2D eigenvalue weighted by Gasteiger charge is -2.04. The number of hydrogen-bond acceptors (Lipinski definition) is 1. The van der Waals surface area contributed by atoms with Crippen LogP contribution >= 0.6 is 0 Å². The van der Waals surface area contributed by atoms with Gasteiger partial charge < -0.3 is 0 Å². The maximum absolute atomic E-state index is 12.1. The van der Waals surface area contributed by atoms with Crippen molar-refractivity contribution in [2.24, 2.45) is 0 Å². The van der Waals surface area contributed by atoms with Gasteiger partial charge in [-0.2, -0.15) is 0 Å². The summed E-state index contributed by atoms with van der Waals surface area (Å²) in [6.45, 7) is 1.40. The Morgan fingerprint density at radius 3 is 2.15 bits per heavy atom. The number of hydrogen-bond donors (Lipinski definition) is 0. The lowest BCUT2D eigenvalue weighted by molar-refractivity contribution is 0.140. The number of alkyl halides is 4. The topological polar surface area (TPSA) is 12.9 Å². The molecule has 0 fully saturated rings. The second-order valence-electron chi connectivity index (χ2n) is 2.57. The molecular formula is C8H7F4N. The van der Waals surface area contributed by atoms with Crippen molar-refractivity contribution in [3.05, 3.63) is 29.1 Å². The first kappa shape index (κ1) is 9.95. The van der Waals surface area contributed by atoms with E-state index in [1.54, 1.807) is 0 Å². The minimum absolute atomic E-state index is 0.174. The Labute approximate surface area is 72.4 Å². The summed E-state index contributed by atoms with van der Waals surface area (Å²) < 4.78 is 48.4. The zero-order chi connectivity index (χ0) is 10.0. The van der Waals surface area contributed by atoms with Crippen molar-refractivity contribution in [2.45, 2.75) is 19.8 Å². The molecule has 1 aromatic rings. The van der Waals surface area contributed by atoms with E-state index in [9.17, 15) is 17.6 Å². The average molecular weight is 193 g/mol. The molecule has 0 radical (unpaired) electrons. The smallest absolute Gasteiger partial charge is 0.252 e. The first-order valence-corrected chi connectivity index (χ1v) is 3.55. The lowest BCUT2D eigenvalue weighted by Crippen LogP contribution is -1.96. The van der Waals surface area contributed by atoms with Crippen LogP contribution in [-0.4, -0.2) is 4.98 Å². The summed E-state index contributed by atoms with van der Waals surface area (Å²) in [7, 11) is 0. The highest BCUT2D eigenvalue weighted by atomic mass is 19.3. The molecule has 1 rings (SSSR count). The molecule has 72 valence electrons. The molecule has 0 amide bonds. The Hall–Kier alpha value is -1.13. The summed E-state index contributed by atoms with van der Waals surface area (Å²) in [6, 6.07) is 1.82. The molecule has 0 saturated carbocycles. The molecule has 5 heteroatoms. The van der Waals surface area contributed by atoms with Crippen LogP contribution < -0.4 is 0 Å². The molecule has 1 heterocycles. The minimum Gasteiger partial charge on any atom is -0.252 e. The van der Waals surface area contributed by atoms with Gasteiger partial charge in [0.15, 0.2) is 0 Å². The van der Waals surface area contributed by atoms with E-state index in [1.807, 2.05) is 0 Å². The van der Waals surface area contributed by atoms with E-state index in [4.69, 9.17) is 0 Å². The SMILES string of the molecule is Cc1cc(C(F)F)cc(C(F)F)n1. The summed E-state index contributed by atoms with van der Waals surface area (Å²) in [6.07, 6.45) is -5.54. The van der Waals surface area contributed by atoms with E-state index in [2.05, 4.69) is 4.98 Å². The largest absolute Gasteiger partial charge is 0.280 e. The zero-order valence-electron chi connectivity index (χ0n) is 6.77. The van der Waals surface area contributed by atoms with Gasteiger partial charge in [0.1, 0.15) is 5.69 Å². The molecule has 13 heavy (non-hydrogen) atoms. The van der Waals surface area contributed by atoms with Gasteiger partial charge in [-0.1, -0.05) is 0 Å². The third-order valence-corrected chi connectivity index (χ3v) is 1.47. The van der Waals surface area contributed by atoms with Crippen LogP contribution in [0.3, 0.4) is 0 Å². The van der Waals surface area contributed by atoms with Crippen molar-refractivity contribution < 1.29 is 17.6 Å². The molecule has 0 N–H and O–H groups in total. The van der Waals surface area contributed by atoms with E-state index in [0.717, 1.165) is 12.1 Å². The molecule has 0 aliphatic rings. The van der Waals surface area contributed by atoms with Crippen molar-refractivity contribution in [3.8, 4) is 0 Å². The first-order valence-electron chi connectivity index (χ1n) is 3.55. The van der Waals surface area contributed by atoms with Gasteiger partial charge in [-0.25, -0.2) is 17.6 Å². The van der Waals surface area contributed by atoms with E-state index in [1.165, 1.54) is 6.92 Å². The summed E-state index contributed by atoms with van der Waals surface area (Å²) in [4.78, 5) is 3.43. The Kier molecular flexibility index (Phi) is 2.85. The van der Waals surface area contributed by atoms with Crippen LogP contribution in [0.5, 0.6) is 0 Å². The van der Waals surface area contributed by atoms with Gasteiger partial charge in [-0.3, -0.25) is 4.98 Å². The number of aryl methyl sites for hydroxylation is 1. The highest BCUT2D eigenvalue weighted by molar-refractivity contribution is 5.22. The van der Waals surface area contributed by atoms with Crippen LogP contribution in [-0.2, 0) is 0 Å². The number of halogens is 4. The van der Waals surface area contributed by atoms with Crippen molar-refractivity contribution in [3.63, 3.8) is 0 Å². The van der Waals surface area contributed by atoms with Gasteiger partial charge in [0, 0.05) is 11.3 Å². The van der Waals surface area contributed by atoms with Crippen molar-refractivity contribution >= 4 is 0 Å². The maximum Gasteiger partial charge on any atom is 0.280 e. The van der Waals surface area contributed by atoms with Gasteiger partial charge in [0.05, 0.1) is 0 Å². The molecular weight excluding hydrogens is 186 g/mol. The normalized spacial score (nSPS) is 11.3. The molecule has 0 atom stereocenters. The average Bonchev–Trinajstić information content (AvgIpc) is 2.03. The minimum atomic E-state index is -2.81. The maximum atomic E-state index is 12.1. The highest BCUT2D eigenvalue weighted by Crippen LogP contribution is 2.24. The van der Waals surface area contributed by atoms with Crippen LogP contribution in [0.15, 0.2) is 12.1 Å². The van der Waals surface area contributed by atoms with Crippen molar-refractivity contribution in [1.82, 2.24) is 4.98 Å². The van der Waals surface area contributed by atoms with Crippen LogP contribution in [0.2, 0.25) is 0 Å². The van der Waals surface area contributed by atoms with E-state index in [0.29, 0.717) is 0 Å². The van der Waals surface area contributed by atoms with Crippen LogP contribution in [0.1, 0.15) is 29.8 Å². The highest BCUT2D eigenvalue weighted by Gasteiger charge is 2.14. The van der Waals surface area contributed by atoms with E-state index < -0.39 is 24.1 Å². The number of aromatic nitrogens is 1. The fraction of sp³-hybridized carbons (Fsp3) is 0.375. The molecule has 0 spiro atoms. The van der Waals surface area contributed by atoms with Gasteiger partial charge in [-0.15, -0.1) is 0 Å². The van der Waals surface area contributed by atoms with Gasteiger partial charge in [0.2, 0.25) is 0 Å². The van der Waals surface area contributed by atoms with E-state index >= 15 is 0 Å². The lowest BCUT2D eigenvalue weighted by atomic mass is 10.2. The summed E-state index contributed by atoms with van der Waals surface area (Å²) in [5, 5.41) is 0. The number of rotatable bonds is 2. The third-order valence-electron chi connectivity index (χ3n) is 1.47. The number of pyridine rings is 1. The molecule has 0 aromatic carbocycles. The van der Waals surface area contributed by atoms with Crippen molar-refractivity contribution in [2.75, 3.05) is 0 Å². The van der Waals surface area contributed by atoms with Gasteiger partial charge in [-0.05, 0) is 19.1 Å². The van der Waals surface area contributed by atoms with Crippen LogP contribution in [0.25, 0.3) is 0 Å². The summed E-state index contributed by atoms with van der Waals surface area (Å²) in [5.41, 5.74) is -0.841. The Bertz CT molecular complexity index is 272. The molecule has 0 saturated heterocycles. The van der Waals surface area contributed by atoms with Gasteiger partial charge in [0.25, 0.3) is 12.9 Å². The van der Waals surface area contributed by atoms with Gasteiger partial charge >= 0.3 is 0 Å². The van der Waals surface area contributed by atoms with Crippen LogP contribution in [0.4, 0.5) is 17.6 Å². The molecule has 1 aromatic heterocycles. The fourth-order valence-corrected chi connectivity index (χ4v) is 0.960. The van der Waals surface area contributed by atoms with Crippen molar-refractivity contribution in [1.29, 1.82) is 0 Å². The number of nitrogens with zero attached hydrogens (tertiary/aromatic N) is 1.